The van der Waals surface area contributed by atoms with Gasteiger partial charge in [-0.1, -0.05) is 91.3 Å². The summed E-state index contributed by atoms with van der Waals surface area (Å²) in [6, 6.07) is 27.8. The van der Waals surface area contributed by atoms with E-state index in [1.165, 1.54) is 4.31 Å². The van der Waals surface area contributed by atoms with Crippen LogP contribution < -0.4 is 9.62 Å². The van der Waals surface area contributed by atoms with Gasteiger partial charge in [-0.2, -0.15) is 0 Å². The summed E-state index contributed by atoms with van der Waals surface area (Å²) >= 11 is 0. The minimum absolute atomic E-state index is 0.108. The lowest BCUT2D eigenvalue weighted by atomic mass is 10.0. The number of nitrogens with zero attached hydrogens (tertiary/aromatic N) is 2. The highest BCUT2D eigenvalue weighted by molar-refractivity contribution is 7.93. The van der Waals surface area contributed by atoms with Crippen LogP contribution in [0.1, 0.15) is 42.9 Å². The van der Waals surface area contributed by atoms with E-state index in [-0.39, 0.29) is 31.3 Å². The standard InChI is InChI=1S/C34H37N3O4S/c1-3-20-35-34(39)30(23-26-12-5-4-6-13-26)36(24-27-14-7-11-25(2)22-27)32(38)19-10-21-37-29-17-8-15-28-16-9-18-31(33(28)29)42(37,40)41/h4-9,11-18,22,30H,3,10,19-21,23-24H2,1-2H3,(H,35,39)/t30-/m0/s1. The van der Waals surface area contributed by atoms with Crippen LogP contribution in [0.5, 0.6) is 0 Å². The van der Waals surface area contributed by atoms with Crippen molar-refractivity contribution >= 4 is 38.3 Å². The summed E-state index contributed by atoms with van der Waals surface area (Å²) in [5, 5.41) is 4.60. The van der Waals surface area contributed by atoms with Crippen LogP contribution in [0, 0.1) is 6.92 Å². The van der Waals surface area contributed by atoms with Crippen molar-refractivity contribution < 1.29 is 18.0 Å². The summed E-state index contributed by atoms with van der Waals surface area (Å²) in [7, 11) is -3.71. The second kappa shape index (κ2) is 12.8. The summed E-state index contributed by atoms with van der Waals surface area (Å²) < 4.78 is 28.3. The summed E-state index contributed by atoms with van der Waals surface area (Å²) in [5.41, 5.74) is 3.62. The molecule has 0 aliphatic carbocycles. The Balaban J connectivity index is 1.39. The number of hydrogen-bond acceptors (Lipinski definition) is 4. The number of carbonyl (C=O) groups excluding carboxylic acids is 2. The number of sulfonamides is 1. The predicted octanol–water partition coefficient (Wildman–Crippen LogP) is 5.60. The fraction of sp³-hybridized carbons (Fsp3) is 0.294. The number of aryl methyl sites for hydroxylation is 1. The maximum atomic E-state index is 14.0. The van der Waals surface area contributed by atoms with Gasteiger partial charge in [0.25, 0.3) is 10.0 Å². The SMILES string of the molecule is CCCNC(=O)[C@H](Cc1ccccc1)N(Cc1cccc(C)c1)C(=O)CCCN1c2cccc3cccc(c23)S1(=O)=O. The Bertz CT molecular complexity index is 1680. The Morgan fingerprint density at radius 2 is 1.62 bits per heavy atom. The molecule has 42 heavy (non-hydrogen) atoms. The van der Waals surface area contributed by atoms with Crippen LogP contribution in [-0.4, -0.2) is 44.3 Å². The Morgan fingerprint density at radius 3 is 2.36 bits per heavy atom. The zero-order valence-corrected chi connectivity index (χ0v) is 24.9. The third-order valence-electron chi connectivity index (χ3n) is 7.69. The Kier molecular flexibility index (Phi) is 8.92. The first-order valence-corrected chi connectivity index (χ1v) is 15.9. The van der Waals surface area contributed by atoms with E-state index in [0.717, 1.165) is 33.9 Å². The molecule has 7 nitrogen and oxygen atoms in total. The van der Waals surface area contributed by atoms with E-state index in [4.69, 9.17) is 0 Å². The molecule has 2 amide bonds. The van der Waals surface area contributed by atoms with Crippen LogP contribution in [0.3, 0.4) is 0 Å². The molecule has 0 unspecified atom stereocenters. The van der Waals surface area contributed by atoms with E-state index in [0.29, 0.717) is 30.0 Å². The number of rotatable bonds is 12. The monoisotopic (exact) mass is 583 g/mol. The van der Waals surface area contributed by atoms with E-state index in [1.807, 2.05) is 92.7 Å². The lowest BCUT2D eigenvalue weighted by Gasteiger charge is -2.32. The molecule has 1 aliphatic heterocycles. The van der Waals surface area contributed by atoms with Crippen molar-refractivity contribution in [1.82, 2.24) is 10.2 Å². The summed E-state index contributed by atoms with van der Waals surface area (Å²) in [6.07, 6.45) is 1.60. The topological polar surface area (TPSA) is 86.8 Å². The molecular formula is C34H37N3O4S. The number of benzene rings is 4. The van der Waals surface area contributed by atoms with Crippen LogP contribution in [0.2, 0.25) is 0 Å². The smallest absolute Gasteiger partial charge is 0.265 e. The molecule has 218 valence electrons. The van der Waals surface area contributed by atoms with Gasteiger partial charge in [-0.25, -0.2) is 8.42 Å². The first-order chi connectivity index (χ1) is 20.3. The molecule has 1 aliphatic rings. The average molecular weight is 584 g/mol. The van der Waals surface area contributed by atoms with Gasteiger partial charge in [-0.3, -0.25) is 13.9 Å². The van der Waals surface area contributed by atoms with Gasteiger partial charge < -0.3 is 10.2 Å². The van der Waals surface area contributed by atoms with Crippen LogP contribution >= 0.6 is 0 Å². The van der Waals surface area contributed by atoms with Gasteiger partial charge in [0, 0.05) is 37.9 Å². The maximum Gasteiger partial charge on any atom is 0.265 e. The largest absolute Gasteiger partial charge is 0.354 e. The number of amides is 2. The van der Waals surface area contributed by atoms with Gasteiger partial charge in [0.05, 0.1) is 10.6 Å². The lowest BCUT2D eigenvalue weighted by molar-refractivity contribution is -0.141. The summed E-state index contributed by atoms with van der Waals surface area (Å²) in [6.45, 7) is 4.97. The Hall–Kier alpha value is -4.17. The van der Waals surface area contributed by atoms with Crippen LogP contribution in [0.25, 0.3) is 10.8 Å². The first kappa shape index (κ1) is 29.3. The van der Waals surface area contributed by atoms with Crippen molar-refractivity contribution in [3.05, 3.63) is 108 Å². The second-order valence-electron chi connectivity index (χ2n) is 10.8. The Morgan fingerprint density at radius 1 is 0.905 bits per heavy atom. The minimum atomic E-state index is -3.71. The highest BCUT2D eigenvalue weighted by atomic mass is 32.2. The van der Waals surface area contributed by atoms with Gasteiger partial charge >= 0.3 is 0 Å². The van der Waals surface area contributed by atoms with Crippen molar-refractivity contribution in [3.63, 3.8) is 0 Å². The number of carbonyl (C=O) groups is 2. The van der Waals surface area contributed by atoms with Crippen molar-refractivity contribution in [2.75, 3.05) is 17.4 Å². The fourth-order valence-electron chi connectivity index (χ4n) is 5.64. The molecule has 0 spiro atoms. The van der Waals surface area contributed by atoms with E-state index < -0.39 is 16.1 Å². The lowest BCUT2D eigenvalue weighted by Crippen LogP contribution is -2.50. The van der Waals surface area contributed by atoms with E-state index >= 15 is 0 Å². The fourth-order valence-corrected chi connectivity index (χ4v) is 7.39. The molecule has 1 heterocycles. The molecule has 0 saturated carbocycles. The molecule has 0 fully saturated rings. The molecule has 0 aromatic heterocycles. The molecule has 0 bridgehead atoms. The van der Waals surface area contributed by atoms with E-state index in [2.05, 4.69) is 5.32 Å². The number of nitrogens with one attached hydrogen (secondary N) is 1. The van der Waals surface area contributed by atoms with Crippen LogP contribution in [0.4, 0.5) is 5.69 Å². The van der Waals surface area contributed by atoms with Gasteiger partial charge in [0.15, 0.2) is 0 Å². The third-order valence-corrected chi connectivity index (χ3v) is 9.54. The number of hydrogen-bond donors (Lipinski definition) is 1. The van der Waals surface area contributed by atoms with Crippen molar-refractivity contribution in [3.8, 4) is 0 Å². The molecule has 5 rings (SSSR count). The summed E-state index contributed by atoms with van der Waals surface area (Å²) in [4.78, 5) is 29.5. The molecule has 1 atom stereocenters. The molecule has 0 radical (unpaired) electrons. The normalized spacial score (nSPS) is 14.1. The molecule has 0 saturated heterocycles. The minimum Gasteiger partial charge on any atom is -0.354 e. The van der Waals surface area contributed by atoms with Gasteiger partial charge in [0.2, 0.25) is 11.8 Å². The van der Waals surface area contributed by atoms with Crippen molar-refractivity contribution in [2.24, 2.45) is 0 Å². The predicted molar refractivity (Wildman–Crippen MR) is 167 cm³/mol. The molecule has 8 heteroatoms. The number of anilines is 1. The highest BCUT2D eigenvalue weighted by Gasteiger charge is 2.36. The molecule has 4 aromatic rings. The second-order valence-corrected chi connectivity index (χ2v) is 12.7. The van der Waals surface area contributed by atoms with Crippen molar-refractivity contribution in [1.29, 1.82) is 0 Å². The zero-order chi connectivity index (χ0) is 29.7. The van der Waals surface area contributed by atoms with E-state index in [9.17, 15) is 18.0 Å². The Labute approximate surface area is 248 Å². The van der Waals surface area contributed by atoms with Gasteiger partial charge in [-0.05, 0) is 48.4 Å². The molecule has 4 aromatic carbocycles. The maximum absolute atomic E-state index is 14.0. The van der Waals surface area contributed by atoms with Crippen molar-refractivity contribution in [2.45, 2.75) is 57.0 Å². The van der Waals surface area contributed by atoms with Crippen LogP contribution in [-0.2, 0) is 32.6 Å². The average Bonchev–Trinajstić information content (AvgIpc) is 3.21. The zero-order valence-electron chi connectivity index (χ0n) is 24.1. The van der Waals surface area contributed by atoms with Gasteiger partial charge in [-0.15, -0.1) is 0 Å². The van der Waals surface area contributed by atoms with Gasteiger partial charge in [0.1, 0.15) is 6.04 Å². The highest BCUT2D eigenvalue weighted by Crippen LogP contribution is 2.42. The first-order valence-electron chi connectivity index (χ1n) is 14.5. The third kappa shape index (κ3) is 6.19. The summed E-state index contributed by atoms with van der Waals surface area (Å²) in [5.74, 6) is -0.373. The molecule has 1 N–H and O–H groups in total. The van der Waals surface area contributed by atoms with E-state index in [1.54, 1.807) is 17.0 Å². The quantitative estimate of drug-likeness (QED) is 0.235. The van der Waals surface area contributed by atoms with Crippen LogP contribution in [0.15, 0.2) is 95.9 Å². The molecular weight excluding hydrogens is 546 g/mol.